The van der Waals surface area contributed by atoms with Crippen LogP contribution < -0.4 is 11.2 Å². The van der Waals surface area contributed by atoms with E-state index in [1.54, 1.807) is 0 Å². The van der Waals surface area contributed by atoms with Crippen molar-refractivity contribution in [1.29, 1.82) is 0 Å². The number of amides is 1. The zero-order valence-corrected chi connectivity index (χ0v) is 30.2. The maximum absolute atomic E-state index is 13.6. The van der Waals surface area contributed by atoms with Crippen molar-refractivity contribution in [2.75, 3.05) is 25.1 Å². The average molecular weight is 760 g/mol. The minimum atomic E-state index is -1.77. The minimum Gasteiger partial charge on any atom is -0.503 e. The number of thioether (sulfide) groups is 1. The third-order valence-corrected chi connectivity index (χ3v) is 12.8. The summed E-state index contributed by atoms with van der Waals surface area (Å²) in [5.41, 5.74) is 3.31. The molecular weight excluding hydrogens is 721 g/mol. The van der Waals surface area contributed by atoms with Crippen LogP contribution in [0.3, 0.4) is 0 Å². The molecule has 6 N–H and O–H groups in total. The number of hydrogen-bond donors (Lipinski definition) is 5. The summed E-state index contributed by atoms with van der Waals surface area (Å²) >= 11 is 2.41. The molecule has 2 bridgehead atoms. The summed E-state index contributed by atoms with van der Waals surface area (Å²) in [6.07, 6.45) is 3.65. The van der Waals surface area contributed by atoms with Crippen molar-refractivity contribution in [2.24, 2.45) is 17.0 Å². The number of aromatic hydroxyl groups is 1. The number of carbonyl (C=O) groups excluding carboxylic acids is 3. The summed E-state index contributed by atoms with van der Waals surface area (Å²) in [7, 11) is 2.08. The Labute approximate surface area is 304 Å². The van der Waals surface area contributed by atoms with E-state index in [-0.39, 0.29) is 58.8 Å². The monoisotopic (exact) mass is 759 g/mol. The first kappa shape index (κ1) is 37.0. The Bertz CT molecular complexity index is 1970. The molecule has 17 nitrogen and oxygen atoms in total. The van der Waals surface area contributed by atoms with Crippen LogP contribution in [0, 0.1) is 11.8 Å². The molecule has 0 spiro atoms. The number of fused-ring (bicyclic) bond motifs is 3. The molecular formula is C33H39N6O11S2+. The van der Waals surface area contributed by atoms with E-state index in [9.17, 15) is 49.3 Å². The van der Waals surface area contributed by atoms with Gasteiger partial charge in [0.15, 0.2) is 28.2 Å². The number of β-lactam (4-membered cyclic amide) rings is 1. The topological polar surface area (TPSA) is 252 Å². The summed E-state index contributed by atoms with van der Waals surface area (Å²) in [6.45, 7) is 2.90. The van der Waals surface area contributed by atoms with E-state index in [1.165, 1.54) is 35.9 Å². The van der Waals surface area contributed by atoms with Gasteiger partial charge < -0.3 is 35.6 Å². The van der Waals surface area contributed by atoms with Crippen molar-refractivity contribution in [3.8, 4) is 5.75 Å². The molecule has 6 rings (SSSR count). The molecule has 1 amide bonds. The SMILES string of the molecule is CC(C)(O/N=C(\C(=O)C[C@@H]1C(=O)N2C(C(=O)O)=C(C[N+]3(C)[C@@H]4CC[C@H]3CC(CC(=O)c3cc(=O)c(O)cn3O)C4)CS[C@H]12)c1csc(N)n1)C(=O)O. The lowest BCUT2D eigenvalue weighted by atomic mass is 9.84. The highest BCUT2D eigenvalue weighted by molar-refractivity contribution is 8.00. The van der Waals surface area contributed by atoms with Gasteiger partial charge in [0.25, 0.3) is 0 Å². The number of nitrogens with zero attached hydrogens (tertiary/aromatic N) is 5. The molecule has 19 heteroatoms. The molecule has 2 aromatic heterocycles. The zero-order chi connectivity index (χ0) is 37.9. The van der Waals surface area contributed by atoms with Gasteiger partial charge in [-0.25, -0.2) is 14.6 Å². The molecule has 0 radical (unpaired) electrons. The summed E-state index contributed by atoms with van der Waals surface area (Å²) < 4.78 is 1.02. The molecule has 52 heavy (non-hydrogen) atoms. The summed E-state index contributed by atoms with van der Waals surface area (Å²) in [5, 5.41) is 44.2. The Kier molecular flexibility index (Phi) is 9.73. The van der Waals surface area contributed by atoms with Crippen molar-refractivity contribution in [3.05, 3.63) is 50.5 Å². The van der Waals surface area contributed by atoms with E-state index >= 15 is 0 Å². The molecule has 3 fully saturated rings. The number of thiazole rings is 1. The number of nitrogen functional groups attached to an aromatic ring is 1. The molecule has 3 saturated heterocycles. The van der Waals surface area contributed by atoms with E-state index < -0.39 is 57.5 Å². The van der Waals surface area contributed by atoms with E-state index in [0.717, 1.165) is 36.4 Å². The number of piperidine rings is 1. The number of nitrogens with two attached hydrogens (primary N) is 1. The average Bonchev–Trinajstić information content (AvgIpc) is 3.53. The Morgan fingerprint density at radius 2 is 1.81 bits per heavy atom. The summed E-state index contributed by atoms with van der Waals surface area (Å²) in [4.78, 5) is 86.9. The van der Waals surface area contributed by atoms with Crippen LogP contribution in [-0.2, 0) is 24.0 Å². The number of aliphatic carboxylic acids is 2. The van der Waals surface area contributed by atoms with Crippen molar-refractivity contribution in [2.45, 2.75) is 75.4 Å². The Morgan fingerprint density at radius 3 is 2.40 bits per heavy atom. The van der Waals surface area contributed by atoms with Gasteiger partial charge in [0.1, 0.15) is 23.6 Å². The number of carboxylic acid groups (broad SMARTS) is 2. The molecule has 0 aliphatic carbocycles. The van der Waals surface area contributed by atoms with Crippen LogP contribution in [0.1, 0.15) is 68.6 Å². The Hall–Kier alpha value is -4.75. The molecule has 278 valence electrons. The summed E-state index contributed by atoms with van der Waals surface area (Å²) in [5.74, 6) is -5.37. The van der Waals surface area contributed by atoms with Gasteiger partial charge in [-0.3, -0.25) is 24.1 Å². The van der Waals surface area contributed by atoms with E-state index in [0.29, 0.717) is 39.9 Å². The van der Waals surface area contributed by atoms with Gasteiger partial charge in [-0.15, -0.1) is 23.1 Å². The molecule has 4 aliphatic rings. The largest absolute Gasteiger partial charge is 0.503 e. The Balaban J connectivity index is 1.16. The highest BCUT2D eigenvalue weighted by Gasteiger charge is 2.57. The first-order chi connectivity index (χ1) is 24.4. The third-order valence-electron chi connectivity index (χ3n) is 10.7. The number of Topliss-reactive ketones (excluding diaryl/α,β-unsaturated/α-hetero) is 2. The van der Waals surface area contributed by atoms with E-state index in [1.807, 2.05) is 0 Å². The number of ketones is 2. The first-order valence-electron chi connectivity index (χ1n) is 16.6. The number of carbonyl (C=O) groups is 5. The standard InChI is InChI=1S/C33H38N6O11S2/c1-33(2,31(47)48)50-36-26(20-14-52-32(34)35-20)24(42)9-19-28(44)38-27(30(45)46)16(13-51-29(19)38)12-39(3)17-4-5-18(39)7-15(6-17)8-22(40)21-10-23(41)25(43)11-37(21)49/h10-11,14-15,17-19,29,49H,4-9,12-13H2,1-3H3,(H4-,34,35,43,45,46,47,48)/p+1/b36-26-/t15?,17-,18+,19-,29-,39?/m1/s1. The quantitative estimate of drug-likeness (QED) is 0.0489. The maximum atomic E-state index is 13.6. The van der Waals surface area contributed by atoms with Gasteiger partial charge in [0, 0.05) is 61.3 Å². The highest BCUT2D eigenvalue weighted by atomic mass is 32.2. The molecule has 6 heterocycles. The maximum Gasteiger partial charge on any atom is 0.352 e. The van der Waals surface area contributed by atoms with Gasteiger partial charge in [-0.1, -0.05) is 5.16 Å². The minimum absolute atomic E-state index is 0.0249. The first-order valence-corrected chi connectivity index (χ1v) is 18.5. The molecule has 2 unspecified atom stereocenters. The van der Waals surface area contributed by atoms with Gasteiger partial charge in [0.05, 0.1) is 36.6 Å². The number of hydrogen-bond acceptors (Lipinski definition) is 14. The lowest BCUT2D eigenvalue weighted by Gasteiger charge is -2.52. The lowest BCUT2D eigenvalue weighted by molar-refractivity contribution is -0.945. The van der Waals surface area contributed by atoms with Gasteiger partial charge in [0.2, 0.25) is 16.9 Å². The fourth-order valence-corrected chi connectivity index (χ4v) is 9.80. The van der Waals surface area contributed by atoms with Gasteiger partial charge in [-0.2, -0.15) is 4.73 Å². The van der Waals surface area contributed by atoms with Crippen LogP contribution in [0.15, 0.2) is 38.9 Å². The number of oxime groups is 1. The Morgan fingerprint density at radius 1 is 1.13 bits per heavy atom. The zero-order valence-electron chi connectivity index (χ0n) is 28.6. The molecule has 2 aromatic rings. The normalized spacial score (nSPS) is 27.2. The number of quaternary nitrogens is 1. The predicted molar refractivity (Wildman–Crippen MR) is 186 cm³/mol. The van der Waals surface area contributed by atoms with E-state index in [4.69, 9.17) is 10.6 Å². The van der Waals surface area contributed by atoms with Crippen molar-refractivity contribution >= 4 is 63.4 Å². The second kappa shape index (κ2) is 13.7. The fourth-order valence-electron chi connectivity index (χ4n) is 7.85. The number of anilines is 1. The highest BCUT2D eigenvalue weighted by Crippen LogP contribution is 2.49. The van der Waals surface area contributed by atoms with Gasteiger partial charge >= 0.3 is 11.9 Å². The lowest BCUT2D eigenvalue weighted by Crippen LogP contribution is -2.63. The van der Waals surface area contributed by atoms with Crippen LogP contribution in [0.2, 0.25) is 0 Å². The van der Waals surface area contributed by atoms with Crippen LogP contribution in [-0.4, -0.2) is 117 Å². The van der Waals surface area contributed by atoms with Crippen molar-refractivity contribution in [1.82, 2.24) is 14.6 Å². The van der Waals surface area contributed by atoms with Crippen LogP contribution in [0.5, 0.6) is 5.75 Å². The number of likely N-dealkylation sites (N-methyl/N-ethyl adjacent to an activating group) is 1. The second-order valence-corrected chi connectivity index (χ2v) is 16.4. The van der Waals surface area contributed by atoms with Crippen LogP contribution in [0.4, 0.5) is 5.13 Å². The van der Waals surface area contributed by atoms with Crippen LogP contribution in [0.25, 0.3) is 0 Å². The van der Waals surface area contributed by atoms with Crippen molar-refractivity contribution in [3.63, 3.8) is 0 Å². The third kappa shape index (κ3) is 6.67. The second-order valence-electron chi connectivity index (χ2n) is 14.4. The predicted octanol–water partition coefficient (Wildman–Crippen LogP) is 1.90. The number of aromatic nitrogens is 2. The molecule has 6 atom stereocenters. The number of carboxylic acids is 2. The van der Waals surface area contributed by atoms with E-state index in [2.05, 4.69) is 17.2 Å². The summed E-state index contributed by atoms with van der Waals surface area (Å²) in [6, 6.07) is 1.14. The number of rotatable bonds is 13. The molecule has 0 saturated carbocycles. The smallest absolute Gasteiger partial charge is 0.352 e. The van der Waals surface area contributed by atoms with Crippen LogP contribution >= 0.6 is 23.1 Å². The molecule has 0 aromatic carbocycles. The van der Waals surface area contributed by atoms with Gasteiger partial charge in [-0.05, 0) is 19.8 Å². The van der Waals surface area contributed by atoms with Crippen molar-refractivity contribution < 1.29 is 53.8 Å². The number of pyridine rings is 1. The fraction of sp³-hybridized carbons (Fsp3) is 0.515. The molecule has 4 aliphatic heterocycles.